The smallest absolute Gasteiger partial charge is 0.244 e. The summed E-state index contributed by atoms with van der Waals surface area (Å²) in [7, 11) is -3.62. The predicted molar refractivity (Wildman–Crippen MR) is 108 cm³/mol. The van der Waals surface area contributed by atoms with Gasteiger partial charge in [-0.25, -0.2) is 13.4 Å². The molecule has 2 aromatic carbocycles. The molecule has 146 valence electrons. The molecular formula is C18H18N4O4S2. The number of benzene rings is 2. The quantitative estimate of drug-likeness (QED) is 0.562. The maximum atomic E-state index is 12.6. The van der Waals surface area contributed by atoms with Crippen molar-refractivity contribution in [2.24, 2.45) is 5.73 Å². The van der Waals surface area contributed by atoms with Crippen LogP contribution in [0.3, 0.4) is 0 Å². The van der Waals surface area contributed by atoms with Crippen molar-refractivity contribution >= 4 is 50.1 Å². The highest BCUT2D eigenvalue weighted by Crippen LogP contribution is 2.27. The van der Waals surface area contributed by atoms with Crippen molar-refractivity contribution in [2.75, 3.05) is 17.3 Å². The van der Waals surface area contributed by atoms with Crippen LogP contribution in [0.1, 0.15) is 0 Å². The first kappa shape index (κ1) is 19.9. The predicted octanol–water partition coefficient (Wildman–Crippen LogP) is 1.66. The molecule has 0 aliphatic rings. The fourth-order valence-corrected chi connectivity index (χ4v) is 4.24. The molecule has 28 heavy (non-hydrogen) atoms. The summed E-state index contributed by atoms with van der Waals surface area (Å²) >= 11 is 1.21. The fourth-order valence-electron chi connectivity index (χ4n) is 2.67. The third-order valence-electron chi connectivity index (χ3n) is 3.78. The van der Waals surface area contributed by atoms with Gasteiger partial charge in [-0.05, 0) is 24.3 Å². The number of imidazole rings is 1. The molecule has 0 fully saturated rings. The molecule has 0 bridgehead atoms. The van der Waals surface area contributed by atoms with Gasteiger partial charge in [0.05, 0.1) is 22.5 Å². The molecule has 1 heterocycles. The monoisotopic (exact) mass is 418 g/mol. The number of nitrogens with one attached hydrogen (secondary N) is 1. The molecule has 0 aliphatic carbocycles. The van der Waals surface area contributed by atoms with E-state index in [9.17, 15) is 18.0 Å². The Balaban J connectivity index is 1.88. The Morgan fingerprint density at radius 3 is 2.54 bits per heavy atom. The molecule has 2 amide bonds. The maximum Gasteiger partial charge on any atom is 0.244 e. The molecule has 0 atom stereocenters. The second-order valence-electron chi connectivity index (χ2n) is 6.04. The Kier molecular flexibility index (Phi) is 5.71. The minimum Gasteiger partial charge on any atom is -0.369 e. The average Bonchev–Trinajstić information content (AvgIpc) is 3.00. The number of sulfone groups is 1. The first-order valence-electron chi connectivity index (χ1n) is 8.21. The highest BCUT2D eigenvalue weighted by molar-refractivity contribution is 8.00. The van der Waals surface area contributed by atoms with Crippen LogP contribution in [0.2, 0.25) is 0 Å². The Labute approximate surface area is 166 Å². The summed E-state index contributed by atoms with van der Waals surface area (Å²) < 4.78 is 25.6. The highest BCUT2D eigenvalue weighted by Gasteiger charge is 2.21. The molecule has 1 aromatic heterocycles. The van der Waals surface area contributed by atoms with Crippen molar-refractivity contribution in [2.45, 2.75) is 16.6 Å². The van der Waals surface area contributed by atoms with E-state index < -0.39 is 21.7 Å². The van der Waals surface area contributed by atoms with Crippen molar-refractivity contribution in [3.8, 4) is 0 Å². The van der Waals surface area contributed by atoms with Crippen LogP contribution in [0.4, 0.5) is 5.69 Å². The molecule has 0 radical (unpaired) electrons. The molecule has 0 saturated heterocycles. The Morgan fingerprint density at radius 2 is 1.82 bits per heavy atom. The number of hydrogen-bond acceptors (Lipinski definition) is 6. The lowest BCUT2D eigenvalue weighted by atomic mass is 10.3. The van der Waals surface area contributed by atoms with Gasteiger partial charge in [0, 0.05) is 11.2 Å². The summed E-state index contributed by atoms with van der Waals surface area (Å²) in [5.41, 5.74) is 6.74. The van der Waals surface area contributed by atoms with E-state index in [1.807, 2.05) is 0 Å². The van der Waals surface area contributed by atoms with E-state index in [1.165, 1.54) is 16.3 Å². The van der Waals surface area contributed by atoms with E-state index in [-0.39, 0.29) is 17.5 Å². The van der Waals surface area contributed by atoms with Crippen LogP contribution in [0, 0.1) is 0 Å². The largest absolute Gasteiger partial charge is 0.369 e. The van der Waals surface area contributed by atoms with E-state index in [1.54, 1.807) is 48.5 Å². The molecule has 0 spiro atoms. The number of rotatable bonds is 7. The zero-order chi connectivity index (χ0) is 20.3. The number of para-hydroxylation sites is 3. The van der Waals surface area contributed by atoms with Gasteiger partial charge >= 0.3 is 0 Å². The van der Waals surface area contributed by atoms with Crippen molar-refractivity contribution in [3.05, 3.63) is 48.5 Å². The fraction of sp³-hybridized carbons (Fsp3) is 0.167. The molecule has 3 rings (SSSR count). The van der Waals surface area contributed by atoms with Gasteiger partial charge in [0.15, 0.2) is 0 Å². The van der Waals surface area contributed by atoms with Crippen LogP contribution in [0.15, 0.2) is 58.6 Å². The summed E-state index contributed by atoms with van der Waals surface area (Å²) in [4.78, 5) is 28.5. The molecule has 8 nitrogen and oxygen atoms in total. The minimum absolute atomic E-state index is 0.0806. The number of hydrogen-bond donors (Lipinski definition) is 2. The zero-order valence-corrected chi connectivity index (χ0v) is 16.6. The van der Waals surface area contributed by atoms with E-state index in [0.29, 0.717) is 21.6 Å². The number of nitrogens with zero attached hydrogens (tertiary/aromatic N) is 2. The second kappa shape index (κ2) is 8.03. The van der Waals surface area contributed by atoms with Crippen molar-refractivity contribution < 1.29 is 18.0 Å². The van der Waals surface area contributed by atoms with Crippen LogP contribution < -0.4 is 11.1 Å². The molecule has 3 aromatic rings. The minimum atomic E-state index is -3.62. The van der Waals surface area contributed by atoms with Crippen LogP contribution in [0.5, 0.6) is 0 Å². The lowest BCUT2D eigenvalue weighted by Gasteiger charge is -2.12. The number of carbonyl (C=O) groups is 2. The Morgan fingerprint density at radius 1 is 1.14 bits per heavy atom. The molecular weight excluding hydrogens is 400 g/mol. The highest BCUT2D eigenvalue weighted by atomic mass is 32.2. The van der Waals surface area contributed by atoms with E-state index in [4.69, 9.17) is 5.73 Å². The van der Waals surface area contributed by atoms with E-state index in [2.05, 4.69) is 10.3 Å². The van der Waals surface area contributed by atoms with Gasteiger partial charge in [-0.3, -0.25) is 9.59 Å². The number of carbonyl (C=O) groups excluding carboxylic acids is 2. The average molecular weight is 419 g/mol. The lowest BCUT2D eigenvalue weighted by Crippen LogP contribution is -2.21. The second-order valence-corrected chi connectivity index (χ2v) is 8.97. The van der Waals surface area contributed by atoms with Crippen molar-refractivity contribution in [1.82, 2.24) is 9.55 Å². The first-order valence-corrected chi connectivity index (χ1v) is 11.1. The molecule has 0 unspecified atom stereocenters. The van der Waals surface area contributed by atoms with Crippen LogP contribution >= 0.6 is 11.8 Å². The van der Waals surface area contributed by atoms with Gasteiger partial charge in [0.25, 0.3) is 0 Å². The number of aromatic nitrogens is 2. The number of fused-ring (bicyclic) bond motifs is 1. The summed E-state index contributed by atoms with van der Waals surface area (Å²) in [6.45, 7) is -0.224. The van der Waals surface area contributed by atoms with Crippen molar-refractivity contribution in [1.29, 1.82) is 0 Å². The third-order valence-corrected chi connectivity index (χ3v) is 5.85. The van der Waals surface area contributed by atoms with Gasteiger partial charge in [-0.1, -0.05) is 24.3 Å². The summed E-state index contributed by atoms with van der Waals surface area (Å²) in [6, 6.07) is 13.9. The van der Waals surface area contributed by atoms with Gasteiger partial charge in [-0.2, -0.15) is 0 Å². The zero-order valence-electron chi connectivity index (χ0n) is 15.0. The number of amides is 2. The number of nitrogens with two attached hydrogens (primary N) is 1. The Hall–Kier alpha value is -2.85. The molecule has 10 heteroatoms. The third kappa shape index (κ3) is 4.52. The van der Waals surface area contributed by atoms with Crippen LogP contribution in [0.25, 0.3) is 11.0 Å². The number of thioether (sulfide) groups is 1. The van der Waals surface area contributed by atoms with Crippen molar-refractivity contribution in [3.63, 3.8) is 0 Å². The van der Waals surface area contributed by atoms with E-state index in [0.717, 1.165) is 6.26 Å². The van der Waals surface area contributed by atoms with Crippen LogP contribution in [-0.4, -0.2) is 41.8 Å². The standard InChI is InChI=1S/C18H18N4O4S2/c1-28(25,26)18-21-12-6-2-4-8-14(12)22(18)10-17(24)20-13-7-3-5-9-15(13)27-11-16(19)23/h2-9H,10-11H2,1H3,(H2,19,23)(H,20,24). The first-order chi connectivity index (χ1) is 13.3. The topological polar surface area (TPSA) is 124 Å². The van der Waals surface area contributed by atoms with Gasteiger partial charge < -0.3 is 15.6 Å². The van der Waals surface area contributed by atoms with E-state index >= 15 is 0 Å². The number of anilines is 1. The summed E-state index contributed by atoms with van der Waals surface area (Å²) in [5.74, 6) is -0.800. The molecule has 3 N–H and O–H groups in total. The summed E-state index contributed by atoms with van der Waals surface area (Å²) in [6.07, 6.45) is 1.05. The SMILES string of the molecule is CS(=O)(=O)c1nc2ccccc2n1CC(=O)Nc1ccccc1SCC(N)=O. The lowest BCUT2D eigenvalue weighted by molar-refractivity contribution is -0.117. The van der Waals surface area contributed by atoms with Crippen LogP contribution in [-0.2, 0) is 26.0 Å². The maximum absolute atomic E-state index is 12.6. The number of primary amides is 1. The van der Waals surface area contributed by atoms with Gasteiger partial charge in [-0.15, -0.1) is 11.8 Å². The van der Waals surface area contributed by atoms with Gasteiger partial charge in [0.2, 0.25) is 26.8 Å². The normalized spacial score (nSPS) is 11.5. The Bertz CT molecular complexity index is 1160. The summed E-state index contributed by atoms with van der Waals surface area (Å²) in [5, 5.41) is 2.59. The molecule has 0 aliphatic heterocycles. The molecule has 0 saturated carbocycles. The van der Waals surface area contributed by atoms with Gasteiger partial charge in [0.1, 0.15) is 6.54 Å².